The molecule has 0 saturated carbocycles. The fourth-order valence-electron chi connectivity index (χ4n) is 3.64. The first kappa shape index (κ1) is 21.9. The zero-order valence-electron chi connectivity index (χ0n) is 17.2. The van der Waals surface area contributed by atoms with Gasteiger partial charge in [0.15, 0.2) is 0 Å². The zero-order chi connectivity index (χ0) is 22.0. The second kappa shape index (κ2) is 9.06. The molecule has 0 atom stereocenters. The van der Waals surface area contributed by atoms with E-state index in [2.05, 4.69) is 26.8 Å². The van der Waals surface area contributed by atoms with Gasteiger partial charge in [-0.1, -0.05) is 11.6 Å². The molecule has 1 fully saturated rings. The van der Waals surface area contributed by atoms with Crippen LogP contribution in [-0.4, -0.2) is 66.1 Å². The molecule has 0 radical (unpaired) electrons. The quantitative estimate of drug-likeness (QED) is 0.539. The topological polar surface area (TPSA) is 44.4 Å². The first-order valence-corrected chi connectivity index (χ1v) is 10.6. The van der Waals surface area contributed by atoms with Crippen LogP contribution in [0.25, 0.3) is 22.4 Å². The number of nitrogens with one attached hydrogen (secondary N) is 1. The van der Waals surface area contributed by atoms with Crippen LogP contribution in [-0.2, 0) is 6.18 Å². The number of fused-ring (bicyclic) bond motifs is 1. The predicted molar refractivity (Wildman–Crippen MR) is 116 cm³/mol. The molecule has 3 aromatic rings. The number of benzene rings is 2. The minimum absolute atomic E-state index is 0.241. The summed E-state index contributed by atoms with van der Waals surface area (Å²) in [5.41, 5.74) is 0.633. The van der Waals surface area contributed by atoms with Crippen LogP contribution in [0.15, 0.2) is 36.4 Å². The molecule has 1 saturated heterocycles. The second-order valence-electron chi connectivity index (χ2n) is 7.80. The van der Waals surface area contributed by atoms with Crippen molar-refractivity contribution in [1.82, 2.24) is 19.8 Å². The summed E-state index contributed by atoms with van der Waals surface area (Å²) in [6, 6.07) is 8.71. The summed E-state index contributed by atoms with van der Waals surface area (Å²) in [6.07, 6.45) is -3.48. The number of piperazine rings is 1. The molecule has 0 amide bonds. The molecule has 0 aliphatic carbocycles. The highest BCUT2D eigenvalue weighted by atomic mass is 35.5. The summed E-state index contributed by atoms with van der Waals surface area (Å²) >= 11 is 6.41. The van der Waals surface area contributed by atoms with Crippen LogP contribution in [0.4, 0.5) is 13.2 Å². The van der Waals surface area contributed by atoms with Gasteiger partial charge in [0.05, 0.1) is 28.2 Å². The molecule has 9 heteroatoms. The van der Waals surface area contributed by atoms with Crippen molar-refractivity contribution in [3.63, 3.8) is 0 Å². The van der Waals surface area contributed by atoms with Gasteiger partial charge in [-0.2, -0.15) is 13.2 Å². The highest BCUT2D eigenvalue weighted by Crippen LogP contribution is 2.34. The average molecular weight is 453 g/mol. The number of hydrogen-bond acceptors (Lipinski definition) is 4. The van der Waals surface area contributed by atoms with Crippen LogP contribution in [0.2, 0.25) is 5.02 Å². The van der Waals surface area contributed by atoms with Gasteiger partial charge in [-0.15, -0.1) is 0 Å². The van der Waals surface area contributed by atoms with Gasteiger partial charge >= 0.3 is 6.18 Å². The Morgan fingerprint density at radius 3 is 2.58 bits per heavy atom. The molecule has 2 heterocycles. The highest BCUT2D eigenvalue weighted by Gasteiger charge is 2.30. The van der Waals surface area contributed by atoms with Gasteiger partial charge in [-0.05, 0) is 49.9 Å². The van der Waals surface area contributed by atoms with E-state index in [1.807, 2.05) is 0 Å². The van der Waals surface area contributed by atoms with E-state index in [9.17, 15) is 13.2 Å². The smallest absolute Gasteiger partial charge is 0.416 e. The molecule has 4 rings (SSSR count). The van der Waals surface area contributed by atoms with Gasteiger partial charge < -0.3 is 19.5 Å². The first-order valence-electron chi connectivity index (χ1n) is 10.2. The summed E-state index contributed by atoms with van der Waals surface area (Å²) < 4.78 is 44.6. The monoisotopic (exact) mass is 452 g/mol. The van der Waals surface area contributed by atoms with E-state index in [1.54, 1.807) is 18.2 Å². The Morgan fingerprint density at radius 1 is 1.10 bits per heavy atom. The number of ether oxygens (including phenoxy) is 1. The summed E-state index contributed by atoms with van der Waals surface area (Å²) in [5, 5.41) is 0.423. The van der Waals surface area contributed by atoms with Crippen LogP contribution < -0.4 is 4.74 Å². The molecule has 2 aromatic carbocycles. The van der Waals surface area contributed by atoms with Crippen LogP contribution in [0, 0.1) is 0 Å². The van der Waals surface area contributed by atoms with E-state index in [1.165, 1.54) is 6.07 Å². The molecule has 1 N–H and O–H groups in total. The Hall–Kier alpha value is -2.29. The van der Waals surface area contributed by atoms with Gasteiger partial charge in [0.2, 0.25) is 0 Å². The van der Waals surface area contributed by atoms with Gasteiger partial charge in [-0.25, -0.2) is 4.98 Å². The molecule has 0 bridgehead atoms. The molecule has 1 aliphatic heterocycles. The third kappa shape index (κ3) is 5.31. The first-order chi connectivity index (χ1) is 14.8. The molecule has 5 nitrogen and oxygen atoms in total. The van der Waals surface area contributed by atoms with Crippen LogP contribution >= 0.6 is 11.6 Å². The van der Waals surface area contributed by atoms with Gasteiger partial charge in [0.25, 0.3) is 0 Å². The largest absolute Gasteiger partial charge is 0.493 e. The van der Waals surface area contributed by atoms with Crippen molar-refractivity contribution in [2.45, 2.75) is 12.6 Å². The third-order valence-corrected chi connectivity index (χ3v) is 5.80. The van der Waals surface area contributed by atoms with E-state index in [4.69, 9.17) is 16.3 Å². The van der Waals surface area contributed by atoms with Crippen molar-refractivity contribution in [1.29, 1.82) is 0 Å². The van der Waals surface area contributed by atoms with Crippen molar-refractivity contribution < 1.29 is 17.9 Å². The molecule has 1 aliphatic rings. The lowest BCUT2D eigenvalue weighted by Crippen LogP contribution is -2.44. The number of nitrogens with zero attached hydrogens (tertiary/aromatic N) is 3. The standard InChI is InChI=1S/C22H24ClF3N4O/c1-29-8-10-30(11-9-29)7-2-12-31-16-4-5-17(18(23)14-16)21-27-19-6-3-15(22(24,25)26)13-20(19)28-21/h3-6,13-14H,2,7-12H2,1H3,(H,27,28). The maximum absolute atomic E-state index is 12.9. The normalized spacial score (nSPS) is 16.2. The SMILES string of the molecule is CN1CCN(CCCOc2ccc(-c3nc4cc(C(F)(F)F)ccc4[nH]3)c(Cl)c2)CC1. The fourth-order valence-corrected chi connectivity index (χ4v) is 3.90. The molecular weight excluding hydrogens is 429 g/mol. The molecular formula is C22H24ClF3N4O. The van der Waals surface area contributed by atoms with Crippen LogP contribution in [0.5, 0.6) is 5.75 Å². The lowest BCUT2D eigenvalue weighted by Gasteiger charge is -2.32. The molecule has 166 valence electrons. The van der Waals surface area contributed by atoms with E-state index in [0.29, 0.717) is 34.3 Å². The third-order valence-electron chi connectivity index (χ3n) is 5.49. The summed E-state index contributed by atoms with van der Waals surface area (Å²) in [5.74, 6) is 1.07. The van der Waals surface area contributed by atoms with Gasteiger partial charge in [0.1, 0.15) is 11.6 Å². The maximum atomic E-state index is 12.9. The average Bonchev–Trinajstić information content (AvgIpc) is 3.15. The fraction of sp³-hybridized carbons (Fsp3) is 0.409. The minimum Gasteiger partial charge on any atom is -0.493 e. The number of halogens is 4. The van der Waals surface area contributed by atoms with Gasteiger partial charge in [-0.3, -0.25) is 0 Å². The second-order valence-corrected chi connectivity index (χ2v) is 8.21. The van der Waals surface area contributed by atoms with Gasteiger partial charge in [0, 0.05) is 38.3 Å². The van der Waals surface area contributed by atoms with E-state index in [-0.39, 0.29) is 5.52 Å². The number of hydrogen-bond donors (Lipinski definition) is 1. The van der Waals surface area contributed by atoms with Crippen molar-refractivity contribution in [2.24, 2.45) is 0 Å². The van der Waals surface area contributed by atoms with E-state index >= 15 is 0 Å². The Kier molecular flexibility index (Phi) is 6.41. The molecule has 31 heavy (non-hydrogen) atoms. The summed E-state index contributed by atoms with van der Waals surface area (Å²) in [7, 11) is 2.14. The Balaban J connectivity index is 1.38. The number of aromatic amines is 1. The van der Waals surface area contributed by atoms with E-state index in [0.717, 1.165) is 51.3 Å². The van der Waals surface area contributed by atoms with Crippen molar-refractivity contribution >= 4 is 22.6 Å². The van der Waals surface area contributed by atoms with Crippen LogP contribution in [0.1, 0.15) is 12.0 Å². The lowest BCUT2D eigenvalue weighted by molar-refractivity contribution is -0.137. The molecule has 0 spiro atoms. The number of rotatable bonds is 6. The maximum Gasteiger partial charge on any atom is 0.416 e. The van der Waals surface area contributed by atoms with Crippen molar-refractivity contribution in [3.05, 3.63) is 47.0 Å². The van der Waals surface area contributed by atoms with Crippen molar-refractivity contribution in [2.75, 3.05) is 46.4 Å². The number of imidazole rings is 1. The summed E-state index contributed by atoms with van der Waals surface area (Å²) in [6.45, 7) is 5.94. The molecule has 0 unspecified atom stereocenters. The highest BCUT2D eigenvalue weighted by molar-refractivity contribution is 6.33. The predicted octanol–water partition coefficient (Wildman–Crippen LogP) is 4.92. The lowest BCUT2D eigenvalue weighted by atomic mass is 10.2. The zero-order valence-corrected chi connectivity index (χ0v) is 17.9. The molecule has 1 aromatic heterocycles. The Bertz CT molecular complexity index is 1040. The van der Waals surface area contributed by atoms with Crippen LogP contribution in [0.3, 0.4) is 0 Å². The number of likely N-dealkylation sites (N-methyl/N-ethyl adjacent to an activating group) is 1. The van der Waals surface area contributed by atoms with E-state index < -0.39 is 11.7 Å². The summed E-state index contributed by atoms with van der Waals surface area (Å²) in [4.78, 5) is 12.1. The number of H-pyrrole nitrogens is 1. The number of aromatic nitrogens is 2. The van der Waals surface area contributed by atoms with Crippen molar-refractivity contribution in [3.8, 4) is 17.1 Å². The minimum atomic E-state index is -4.41. The number of alkyl halides is 3. The Labute approximate surface area is 183 Å². The Morgan fingerprint density at radius 2 is 1.87 bits per heavy atom.